The fourth-order valence-electron chi connectivity index (χ4n) is 1.17. The molecule has 59 valence electrons. The molecule has 2 aromatic rings. The van der Waals surface area contributed by atoms with Gasteiger partial charge >= 0.3 is 0 Å². The molecule has 0 bridgehead atoms. The maximum absolute atomic E-state index is 9.17. The molecule has 2 rings (SSSR count). The van der Waals surface area contributed by atoms with Gasteiger partial charge in [0.05, 0.1) is 5.02 Å². The van der Waals surface area contributed by atoms with Gasteiger partial charge in [-0.15, -0.1) is 0 Å². The van der Waals surface area contributed by atoms with Gasteiger partial charge < -0.3 is 5.11 Å². The number of benzene rings is 2. The standard InChI is InChI=1S/C10H6ClO/c11-10-6-8(12)5-7-3-1-2-4-9(7)10/h1-4,6,12H. The predicted octanol–water partition coefficient (Wildman–Crippen LogP) is 3.00. The average Bonchev–Trinajstić information content (AvgIpc) is 2.04. The van der Waals surface area contributed by atoms with Crippen LogP contribution in [0.1, 0.15) is 0 Å². The van der Waals surface area contributed by atoms with Crippen LogP contribution < -0.4 is 0 Å². The van der Waals surface area contributed by atoms with Crippen LogP contribution in [0.25, 0.3) is 10.8 Å². The van der Waals surface area contributed by atoms with E-state index >= 15 is 0 Å². The summed E-state index contributed by atoms with van der Waals surface area (Å²) in [6.45, 7) is 0. The quantitative estimate of drug-likeness (QED) is 0.656. The number of halogens is 1. The van der Waals surface area contributed by atoms with Crippen LogP contribution in [-0.4, -0.2) is 5.11 Å². The van der Waals surface area contributed by atoms with Crippen LogP contribution >= 0.6 is 11.6 Å². The highest BCUT2D eigenvalue weighted by atomic mass is 35.5. The third-order valence-corrected chi connectivity index (χ3v) is 2.02. The van der Waals surface area contributed by atoms with Crippen molar-refractivity contribution in [2.45, 2.75) is 0 Å². The molecule has 0 aliphatic heterocycles. The second-order valence-corrected chi connectivity index (χ2v) is 2.96. The lowest BCUT2D eigenvalue weighted by Gasteiger charge is -1.99. The molecule has 0 amide bonds. The van der Waals surface area contributed by atoms with Crippen molar-refractivity contribution in [2.75, 3.05) is 0 Å². The predicted molar refractivity (Wildman–Crippen MR) is 49.5 cm³/mol. The van der Waals surface area contributed by atoms with Crippen molar-refractivity contribution in [2.24, 2.45) is 0 Å². The Morgan fingerprint density at radius 2 is 2.00 bits per heavy atom. The maximum Gasteiger partial charge on any atom is 0.125 e. The van der Waals surface area contributed by atoms with Gasteiger partial charge in [0.15, 0.2) is 0 Å². The monoisotopic (exact) mass is 177 g/mol. The third kappa shape index (κ3) is 1.12. The number of rotatable bonds is 0. The van der Waals surface area contributed by atoms with Crippen LogP contribution in [0, 0.1) is 6.07 Å². The summed E-state index contributed by atoms with van der Waals surface area (Å²) in [4.78, 5) is 0. The minimum atomic E-state index is 0.0821. The lowest BCUT2D eigenvalue weighted by molar-refractivity contribution is 0.475. The summed E-state index contributed by atoms with van der Waals surface area (Å²) in [5.74, 6) is 0.0821. The van der Waals surface area contributed by atoms with E-state index in [4.69, 9.17) is 11.6 Å². The topological polar surface area (TPSA) is 20.2 Å². The van der Waals surface area contributed by atoms with Gasteiger partial charge in [0.25, 0.3) is 0 Å². The van der Waals surface area contributed by atoms with E-state index in [0.29, 0.717) is 5.02 Å². The third-order valence-electron chi connectivity index (χ3n) is 1.71. The van der Waals surface area contributed by atoms with E-state index in [0.717, 1.165) is 10.8 Å². The number of hydrogen-bond donors (Lipinski definition) is 1. The summed E-state index contributed by atoms with van der Waals surface area (Å²) in [5.41, 5.74) is 0. The van der Waals surface area contributed by atoms with Crippen molar-refractivity contribution in [3.05, 3.63) is 41.4 Å². The van der Waals surface area contributed by atoms with E-state index < -0.39 is 0 Å². The summed E-state index contributed by atoms with van der Waals surface area (Å²) in [6, 6.07) is 11.8. The van der Waals surface area contributed by atoms with E-state index in [1.165, 1.54) is 6.07 Å². The van der Waals surface area contributed by atoms with Gasteiger partial charge in [-0.1, -0.05) is 35.9 Å². The van der Waals surface area contributed by atoms with Crippen molar-refractivity contribution >= 4 is 22.4 Å². The van der Waals surface area contributed by atoms with Crippen LogP contribution in [0.3, 0.4) is 0 Å². The molecule has 0 fully saturated rings. The second kappa shape index (κ2) is 2.68. The zero-order chi connectivity index (χ0) is 8.55. The van der Waals surface area contributed by atoms with Crippen LogP contribution in [0.2, 0.25) is 5.02 Å². The van der Waals surface area contributed by atoms with Crippen molar-refractivity contribution in [3.8, 4) is 5.75 Å². The molecule has 0 unspecified atom stereocenters. The molecule has 0 spiro atoms. The number of phenolic OH excluding ortho intramolecular Hbond substituents is 1. The number of phenols is 1. The van der Waals surface area contributed by atoms with Gasteiger partial charge in [0, 0.05) is 11.5 Å². The lowest BCUT2D eigenvalue weighted by atomic mass is 10.1. The van der Waals surface area contributed by atoms with E-state index in [1.54, 1.807) is 0 Å². The Hall–Kier alpha value is -1.21. The zero-order valence-corrected chi connectivity index (χ0v) is 6.97. The highest BCUT2D eigenvalue weighted by Gasteiger charge is 1.99. The molecule has 1 radical (unpaired) electrons. The molecule has 2 aromatic carbocycles. The second-order valence-electron chi connectivity index (χ2n) is 2.55. The van der Waals surface area contributed by atoms with Crippen LogP contribution in [-0.2, 0) is 0 Å². The molecular weight excluding hydrogens is 172 g/mol. The van der Waals surface area contributed by atoms with E-state index in [-0.39, 0.29) is 5.75 Å². The Balaban J connectivity index is 2.89. The minimum Gasteiger partial charge on any atom is -0.507 e. The van der Waals surface area contributed by atoms with Gasteiger partial charge in [-0.2, -0.15) is 0 Å². The first-order chi connectivity index (χ1) is 5.77. The fraction of sp³-hybridized carbons (Fsp3) is 0. The van der Waals surface area contributed by atoms with Gasteiger partial charge in [-0.25, -0.2) is 0 Å². The Morgan fingerprint density at radius 1 is 1.25 bits per heavy atom. The minimum absolute atomic E-state index is 0.0821. The highest BCUT2D eigenvalue weighted by molar-refractivity contribution is 6.35. The number of fused-ring (bicyclic) bond motifs is 1. The number of aromatic hydroxyl groups is 1. The molecule has 1 N–H and O–H groups in total. The smallest absolute Gasteiger partial charge is 0.125 e. The largest absolute Gasteiger partial charge is 0.507 e. The molecule has 0 saturated carbocycles. The van der Waals surface area contributed by atoms with Gasteiger partial charge in [0.1, 0.15) is 5.75 Å². The summed E-state index contributed by atoms with van der Waals surface area (Å²) < 4.78 is 0. The SMILES string of the molecule is Oc1[c]c2ccccc2c(Cl)c1. The van der Waals surface area contributed by atoms with E-state index in [1.807, 2.05) is 24.3 Å². The molecule has 2 heteroatoms. The van der Waals surface area contributed by atoms with Crippen LogP contribution in [0.15, 0.2) is 30.3 Å². The molecule has 0 aromatic heterocycles. The first-order valence-corrected chi connectivity index (χ1v) is 3.95. The molecule has 0 saturated heterocycles. The van der Waals surface area contributed by atoms with Gasteiger partial charge in [-0.05, 0) is 11.5 Å². The Kier molecular flexibility index (Phi) is 1.66. The molecule has 0 atom stereocenters. The molecule has 1 nitrogen and oxygen atoms in total. The average molecular weight is 178 g/mol. The molecule has 0 heterocycles. The fourth-order valence-corrected chi connectivity index (χ4v) is 1.44. The van der Waals surface area contributed by atoms with Gasteiger partial charge in [0.2, 0.25) is 0 Å². The molecular formula is C10H6ClO. The number of hydrogen-bond acceptors (Lipinski definition) is 1. The summed E-state index contributed by atoms with van der Waals surface area (Å²) in [6.07, 6.45) is 0. The van der Waals surface area contributed by atoms with Crippen molar-refractivity contribution < 1.29 is 5.11 Å². The summed E-state index contributed by atoms with van der Waals surface area (Å²) in [5, 5.41) is 11.5. The first kappa shape index (κ1) is 7.44. The van der Waals surface area contributed by atoms with Crippen molar-refractivity contribution in [3.63, 3.8) is 0 Å². The van der Waals surface area contributed by atoms with E-state index in [2.05, 4.69) is 6.07 Å². The maximum atomic E-state index is 9.17. The summed E-state index contributed by atoms with van der Waals surface area (Å²) in [7, 11) is 0. The first-order valence-electron chi connectivity index (χ1n) is 3.57. The van der Waals surface area contributed by atoms with Gasteiger partial charge in [-0.3, -0.25) is 0 Å². The molecule has 0 aliphatic carbocycles. The normalized spacial score (nSPS) is 10.4. The highest BCUT2D eigenvalue weighted by Crippen LogP contribution is 2.27. The zero-order valence-electron chi connectivity index (χ0n) is 6.21. The van der Waals surface area contributed by atoms with Crippen molar-refractivity contribution in [1.29, 1.82) is 0 Å². The van der Waals surface area contributed by atoms with E-state index in [9.17, 15) is 5.11 Å². The van der Waals surface area contributed by atoms with Crippen LogP contribution in [0.5, 0.6) is 5.75 Å². The Morgan fingerprint density at radius 3 is 2.83 bits per heavy atom. The van der Waals surface area contributed by atoms with Crippen molar-refractivity contribution in [1.82, 2.24) is 0 Å². The molecule has 0 aliphatic rings. The van der Waals surface area contributed by atoms with Crippen LogP contribution in [0.4, 0.5) is 0 Å². The summed E-state index contributed by atoms with van der Waals surface area (Å²) >= 11 is 5.88. The lowest BCUT2D eigenvalue weighted by Crippen LogP contribution is -1.74. The molecule has 12 heavy (non-hydrogen) atoms. The Labute approximate surface area is 75.2 Å². The Bertz CT molecular complexity index is 423.